The smallest absolute Gasteiger partial charge is 0.396 e. The number of unbranched alkanes of at least 4 members (excludes halogenated alkanes) is 24. The lowest BCUT2D eigenvalue weighted by Crippen LogP contribution is -2.04. The van der Waals surface area contributed by atoms with Crippen molar-refractivity contribution in [3.05, 3.63) is 0 Å². The molecule has 0 saturated heterocycles. The van der Waals surface area contributed by atoms with Crippen molar-refractivity contribution in [1.29, 1.82) is 0 Å². The fourth-order valence-electron chi connectivity index (χ4n) is 4.41. The quantitative estimate of drug-likeness (QED) is 0.0767. The third kappa shape index (κ3) is 41.0. The minimum absolute atomic E-state index is 0.0926. The van der Waals surface area contributed by atoms with Gasteiger partial charge in [0.15, 0.2) is 0 Å². The zero-order valence-electron chi connectivity index (χ0n) is 24.3. The second-order valence-electron chi connectivity index (χ2n) is 10.5. The first-order chi connectivity index (χ1) is 17.5. The first-order valence-corrected chi connectivity index (χ1v) is 17.1. The van der Waals surface area contributed by atoms with E-state index in [9.17, 15) is 8.42 Å². The summed E-state index contributed by atoms with van der Waals surface area (Å²) < 4.78 is 33.0. The molecule has 220 valence electrons. The third-order valence-electron chi connectivity index (χ3n) is 6.74. The van der Waals surface area contributed by atoms with Crippen molar-refractivity contribution >= 4 is 10.4 Å². The van der Waals surface area contributed by atoms with Crippen molar-refractivity contribution in [2.75, 3.05) is 13.2 Å². The van der Waals surface area contributed by atoms with E-state index < -0.39 is 10.4 Å². The first-order valence-electron chi connectivity index (χ1n) is 15.7. The molecule has 0 aromatic carbocycles. The van der Waals surface area contributed by atoms with Crippen molar-refractivity contribution in [3.8, 4) is 0 Å². The van der Waals surface area contributed by atoms with Crippen LogP contribution in [-0.4, -0.2) is 31.3 Å². The SMILES string of the molecule is CCCCCCCCCCCCCCCCCCO.CCCCCCCCCCCCOS(=O)(=O)O. The Labute approximate surface area is 226 Å². The summed E-state index contributed by atoms with van der Waals surface area (Å²) in [5.41, 5.74) is 0. The average molecular weight is 537 g/mol. The zero-order chi connectivity index (χ0) is 27.0. The minimum atomic E-state index is -4.23. The Morgan fingerprint density at radius 1 is 0.444 bits per heavy atom. The maximum Gasteiger partial charge on any atom is 0.397 e. The number of hydrogen-bond donors (Lipinski definition) is 2. The molecule has 0 radical (unpaired) electrons. The van der Waals surface area contributed by atoms with Gasteiger partial charge >= 0.3 is 10.4 Å². The molecule has 0 aromatic heterocycles. The summed E-state index contributed by atoms with van der Waals surface area (Å²) in [6, 6.07) is 0. The molecule has 0 aromatic rings. The Balaban J connectivity index is 0. The second kappa shape index (κ2) is 32.9. The number of hydrogen-bond acceptors (Lipinski definition) is 4. The molecule has 6 heteroatoms. The highest BCUT2D eigenvalue weighted by molar-refractivity contribution is 7.80. The molecule has 0 fully saturated rings. The topological polar surface area (TPSA) is 83.8 Å². The van der Waals surface area contributed by atoms with Crippen LogP contribution in [0, 0.1) is 0 Å². The van der Waals surface area contributed by atoms with Crippen LogP contribution in [0.5, 0.6) is 0 Å². The Hall–Kier alpha value is -0.170. The maximum atomic E-state index is 10.2. The zero-order valence-corrected chi connectivity index (χ0v) is 25.1. The van der Waals surface area contributed by atoms with Gasteiger partial charge in [0.1, 0.15) is 0 Å². The Morgan fingerprint density at radius 3 is 0.944 bits per heavy atom. The van der Waals surface area contributed by atoms with Crippen LogP contribution in [0.1, 0.15) is 181 Å². The van der Waals surface area contributed by atoms with Gasteiger partial charge in [-0.1, -0.05) is 168 Å². The largest absolute Gasteiger partial charge is 0.397 e. The molecule has 0 rings (SSSR count). The van der Waals surface area contributed by atoms with E-state index in [1.54, 1.807) is 0 Å². The Morgan fingerprint density at radius 2 is 0.694 bits per heavy atom. The van der Waals surface area contributed by atoms with Gasteiger partial charge in [0, 0.05) is 6.61 Å². The van der Waals surface area contributed by atoms with Crippen LogP contribution in [0.15, 0.2) is 0 Å². The molecule has 0 atom stereocenters. The Bertz CT molecular complexity index is 466. The van der Waals surface area contributed by atoms with Crippen LogP contribution in [0.25, 0.3) is 0 Å². The van der Waals surface area contributed by atoms with Crippen LogP contribution >= 0.6 is 0 Å². The molecule has 36 heavy (non-hydrogen) atoms. The van der Waals surface area contributed by atoms with Crippen molar-refractivity contribution in [2.45, 2.75) is 181 Å². The Kier molecular flexibility index (Phi) is 34.7. The number of rotatable bonds is 28. The predicted molar refractivity (Wildman–Crippen MR) is 156 cm³/mol. The summed E-state index contributed by atoms with van der Waals surface area (Å²) in [5, 5.41) is 8.67. The van der Waals surface area contributed by atoms with Crippen molar-refractivity contribution in [3.63, 3.8) is 0 Å². The van der Waals surface area contributed by atoms with Crippen LogP contribution in [0.4, 0.5) is 0 Å². The summed E-state index contributed by atoms with van der Waals surface area (Å²) in [6.45, 7) is 4.97. The van der Waals surface area contributed by atoms with Crippen LogP contribution < -0.4 is 0 Å². The molecule has 0 bridgehead atoms. The van der Waals surface area contributed by atoms with E-state index in [-0.39, 0.29) is 6.61 Å². The van der Waals surface area contributed by atoms with Crippen LogP contribution in [0.3, 0.4) is 0 Å². The van der Waals surface area contributed by atoms with Crippen molar-refractivity contribution in [1.82, 2.24) is 0 Å². The van der Waals surface area contributed by atoms with Crippen molar-refractivity contribution < 1.29 is 22.3 Å². The van der Waals surface area contributed by atoms with Gasteiger partial charge in [0.25, 0.3) is 0 Å². The summed E-state index contributed by atoms with van der Waals surface area (Å²) in [7, 11) is -4.23. The van der Waals surface area contributed by atoms with Crippen LogP contribution in [0.2, 0.25) is 0 Å². The van der Waals surface area contributed by atoms with Crippen molar-refractivity contribution in [2.24, 2.45) is 0 Å². The normalized spacial score (nSPS) is 11.4. The predicted octanol–water partition coefficient (Wildman–Crippen LogP) is 9.97. The van der Waals surface area contributed by atoms with Gasteiger partial charge in [-0.25, -0.2) is 4.18 Å². The second-order valence-corrected chi connectivity index (χ2v) is 11.5. The molecule has 0 spiro atoms. The maximum absolute atomic E-state index is 10.2. The van der Waals surface area contributed by atoms with Gasteiger partial charge in [-0.05, 0) is 12.8 Å². The van der Waals surface area contributed by atoms with Gasteiger partial charge < -0.3 is 5.11 Å². The van der Waals surface area contributed by atoms with Gasteiger partial charge in [0.05, 0.1) is 6.61 Å². The molecule has 2 N–H and O–H groups in total. The highest BCUT2D eigenvalue weighted by Crippen LogP contribution is 2.14. The van der Waals surface area contributed by atoms with E-state index in [4.69, 9.17) is 9.66 Å². The number of aliphatic hydroxyl groups is 1. The molecule has 0 saturated carbocycles. The fourth-order valence-corrected chi connectivity index (χ4v) is 4.74. The molecule has 0 heterocycles. The summed E-state index contributed by atoms with van der Waals surface area (Å²) in [5.74, 6) is 0. The summed E-state index contributed by atoms with van der Waals surface area (Å²) in [6.07, 6.45) is 34.0. The van der Waals surface area contributed by atoms with E-state index in [2.05, 4.69) is 18.0 Å². The lowest BCUT2D eigenvalue weighted by atomic mass is 10.0. The third-order valence-corrected chi connectivity index (χ3v) is 7.21. The molecule has 0 aliphatic heterocycles. The lowest BCUT2D eigenvalue weighted by Gasteiger charge is -2.03. The van der Waals surface area contributed by atoms with E-state index in [0.717, 1.165) is 19.3 Å². The summed E-state index contributed by atoms with van der Waals surface area (Å²) >= 11 is 0. The highest BCUT2D eigenvalue weighted by atomic mass is 32.3. The van der Waals surface area contributed by atoms with Gasteiger partial charge in [0.2, 0.25) is 0 Å². The van der Waals surface area contributed by atoms with Gasteiger partial charge in [-0.3, -0.25) is 4.55 Å². The van der Waals surface area contributed by atoms with E-state index in [1.807, 2.05) is 0 Å². The van der Waals surface area contributed by atoms with Gasteiger partial charge in [-0.2, -0.15) is 8.42 Å². The minimum Gasteiger partial charge on any atom is -0.396 e. The average Bonchev–Trinajstić information content (AvgIpc) is 2.85. The molecular weight excluding hydrogens is 472 g/mol. The molecular formula is C30H64O5S. The molecule has 0 aliphatic rings. The van der Waals surface area contributed by atoms with E-state index in [1.165, 1.54) is 141 Å². The molecule has 0 unspecified atom stereocenters. The van der Waals surface area contributed by atoms with E-state index >= 15 is 0 Å². The fraction of sp³-hybridized carbons (Fsp3) is 1.00. The standard InChI is InChI=1S/C18H38O.C12H26O4S/c1-2-3-4-5-6-7-8-9-10-11-12-13-14-15-16-17-18-19;1-2-3-4-5-6-7-8-9-10-11-12-16-17(13,14)15/h19H,2-18H2,1H3;2-12H2,1H3,(H,13,14,15). The molecule has 0 aliphatic carbocycles. The van der Waals surface area contributed by atoms with E-state index in [0.29, 0.717) is 13.0 Å². The monoisotopic (exact) mass is 536 g/mol. The summed E-state index contributed by atoms with van der Waals surface area (Å²) in [4.78, 5) is 0. The van der Waals surface area contributed by atoms with Gasteiger partial charge in [-0.15, -0.1) is 0 Å². The highest BCUT2D eigenvalue weighted by Gasteiger charge is 2.02. The van der Waals surface area contributed by atoms with Crippen LogP contribution in [-0.2, 0) is 14.6 Å². The first kappa shape index (κ1) is 38.0. The number of aliphatic hydroxyl groups excluding tert-OH is 1. The molecule has 0 amide bonds. The lowest BCUT2D eigenvalue weighted by molar-refractivity contribution is 0.261. The molecule has 5 nitrogen and oxygen atoms in total.